The number of methoxy groups -OCH3 is 1. The van der Waals surface area contributed by atoms with Crippen LogP contribution in [0, 0.1) is 11.3 Å². The fraction of sp³-hybridized carbons (Fsp3) is 0.667. The number of hydrogen-bond acceptors (Lipinski definition) is 4. The third-order valence-electron chi connectivity index (χ3n) is 5.01. The number of ether oxygens (including phenoxy) is 1. The molecule has 0 atom stereocenters. The van der Waals surface area contributed by atoms with Gasteiger partial charge in [0.15, 0.2) is 0 Å². The lowest BCUT2D eigenvalue weighted by Crippen LogP contribution is -2.44. The number of nitrogens with one attached hydrogen (secondary N) is 1. The molecule has 0 unspecified atom stereocenters. The first-order valence-corrected chi connectivity index (χ1v) is 9.57. The van der Waals surface area contributed by atoms with E-state index in [0.29, 0.717) is 0 Å². The van der Waals surface area contributed by atoms with Crippen molar-refractivity contribution in [3.63, 3.8) is 0 Å². The van der Waals surface area contributed by atoms with Gasteiger partial charge in [0.1, 0.15) is 5.75 Å². The maximum Gasteiger partial charge on any atom is 0.223 e. The van der Waals surface area contributed by atoms with E-state index in [2.05, 4.69) is 55.2 Å². The van der Waals surface area contributed by atoms with Gasteiger partial charge < -0.3 is 15.0 Å². The number of rotatable bonds is 8. The van der Waals surface area contributed by atoms with Crippen molar-refractivity contribution in [1.29, 1.82) is 0 Å². The highest BCUT2D eigenvalue weighted by Gasteiger charge is 2.27. The van der Waals surface area contributed by atoms with E-state index in [1.165, 1.54) is 5.56 Å². The van der Waals surface area contributed by atoms with Crippen molar-refractivity contribution in [1.82, 2.24) is 15.1 Å². The summed E-state index contributed by atoms with van der Waals surface area (Å²) >= 11 is 0. The maximum atomic E-state index is 12.5. The van der Waals surface area contributed by atoms with Gasteiger partial charge >= 0.3 is 0 Å². The summed E-state index contributed by atoms with van der Waals surface area (Å²) in [6.45, 7) is 8.99. The Morgan fingerprint density at radius 3 is 2.38 bits per heavy atom. The van der Waals surface area contributed by atoms with E-state index in [0.717, 1.165) is 51.3 Å². The number of piperidine rings is 1. The van der Waals surface area contributed by atoms with Crippen molar-refractivity contribution in [2.24, 2.45) is 11.3 Å². The standard InChI is InChI=1S/C21H35N3O2/c1-21(2,16-23(3)4)15-22-20(25)18-10-12-24(13-11-18)14-17-6-8-19(26-5)9-7-17/h6-9,18H,10-16H2,1-5H3,(H,22,25). The van der Waals surface area contributed by atoms with Crippen LogP contribution < -0.4 is 10.1 Å². The minimum atomic E-state index is 0.0915. The SMILES string of the molecule is COc1ccc(CN2CCC(C(=O)NCC(C)(C)CN(C)C)CC2)cc1. The molecule has 1 aromatic rings. The average Bonchev–Trinajstić information content (AvgIpc) is 2.60. The Labute approximate surface area is 158 Å². The highest BCUT2D eigenvalue weighted by Crippen LogP contribution is 2.21. The number of nitrogens with zero attached hydrogens (tertiary/aromatic N) is 2. The topological polar surface area (TPSA) is 44.8 Å². The fourth-order valence-corrected chi connectivity index (χ4v) is 3.73. The molecule has 0 spiro atoms. The van der Waals surface area contributed by atoms with Gasteiger partial charge in [-0.1, -0.05) is 26.0 Å². The van der Waals surface area contributed by atoms with Crippen molar-refractivity contribution >= 4 is 5.91 Å². The monoisotopic (exact) mass is 361 g/mol. The zero-order valence-electron chi connectivity index (χ0n) is 17.0. The molecular formula is C21H35N3O2. The van der Waals surface area contributed by atoms with E-state index >= 15 is 0 Å². The molecule has 1 saturated heterocycles. The first-order valence-electron chi connectivity index (χ1n) is 9.57. The summed E-state index contributed by atoms with van der Waals surface area (Å²) in [7, 11) is 5.83. The lowest BCUT2D eigenvalue weighted by atomic mass is 9.91. The van der Waals surface area contributed by atoms with Crippen LogP contribution in [0.25, 0.3) is 0 Å². The van der Waals surface area contributed by atoms with Crippen molar-refractivity contribution in [3.8, 4) is 5.75 Å². The Balaban J connectivity index is 1.74. The molecule has 5 heteroatoms. The van der Waals surface area contributed by atoms with Crippen LogP contribution in [0.5, 0.6) is 5.75 Å². The fourth-order valence-electron chi connectivity index (χ4n) is 3.73. The second-order valence-corrected chi connectivity index (χ2v) is 8.52. The normalized spacial score (nSPS) is 16.7. The highest BCUT2D eigenvalue weighted by molar-refractivity contribution is 5.78. The quantitative estimate of drug-likeness (QED) is 0.773. The molecule has 146 valence electrons. The summed E-state index contributed by atoms with van der Waals surface area (Å²) in [4.78, 5) is 17.1. The molecule has 1 heterocycles. The van der Waals surface area contributed by atoms with Gasteiger partial charge in [-0.3, -0.25) is 9.69 Å². The Bertz CT molecular complexity index is 561. The van der Waals surface area contributed by atoms with Crippen LogP contribution in [0.2, 0.25) is 0 Å². The van der Waals surface area contributed by atoms with Crippen LogP contribution in [0.4, 0.5) is 0 Å². The second kappa shape index (κ2) is 9.38. The third-order valence-corrected chi connectivity index (χ3v) is 5.01. The lowest BCUT2D eigenvalue weighted by Gasteiger charge is -2.33. The Hall–Kier alpha value is -1.59. The van der Waals surface area contributed by atoms with Gasteiger partial charge in [0, 0.05) is 25.6 Å². The molecule has 0 aliphatic carbocycles. The van der Waals surface area contributed by atoms with Gasteiger partial charge in [0.2, 0.25) is 5.91 Å². The summed E-state index contributed by atoms with van der Waals surface area (Å²) < 4.78 is 5.21. The van der Waals surface area contributed by atoms with Crippen LogP contribution >= 0.6 is 0 Å². The van der Waals surface area contributed by atoms with Gasteiger partial charge in [-0.05, 0) is 63.1 Å². The molecule has 0 bridgehead atoms. The van der Waals surface area contributed by atoms with Gasteiger partial charge in [0.05, 0.1) is 7.11 Å². The molecule has 0 saturated carbocycles. The first-order chi connectivity index (χ1) is 12.3. The van der Waals surface area contributed by atoms with Crippen LogP contribution in [-0.2, 0) is 11.3 Å². The molecular weight excluding hydrogens is 326 g/mol. The smallest absolute Gasteiger partial charge is 0.223 e. The molecule has 26 heavy (non-hydrogen) atoms. The molecule has 1 amide bonds. The molecule has 2 rings (SSSR count). The molecule has 1 fully saturated rings. The molecule has 1 aliphatic rings. The predicted octanol–water partition coefficient (Wildman–Crippen LogP) is 2.61. The molecule has 5 nitrogen and oxygen atoms in total. The van der Waals surface area contributed by atoms with Gasteiger partial charge in [-0.15, -0.1) is 0 Å². The summed E-state index contributed by atoms with van der Waals surface area (Å²) in [5.74, 6) is 1.26. The summed E-state index contributed by atoms with van der Waals surface area (Å²) in [5, 5.41) is 3.18. The molecule has 0 aromatic heterocycles. The minimum Gasteiger partial charge on any atom is -0.497 e. The Morgan fingerprint density at radius 1 is 1.23 bits per heavy atom. The van der Waals surface area contributed by atoms with Gasteiger partial charge in [0.25, 0.3) is 0 Å². The Morgan fingerprint density at radius 2 is 1.85 bits per heavy atom. The van der Waals surface area contributed by atoms with Crippen molar-refractivity contribution < 1.29 is 9.53 Å². The number of amides is 1. The number of carbonyl (C=O) groups excluding carboxylic acids is 1. The highest BCUT2D eigenvalue weighted by atomic mass is 16.5. The summed E-state index contributed by atoms with van der Waals surface area (Å²) in [6.07, 6.45) is 1.88. The van der Waals surface area contributed by atoms with E-state index in [1.54, 1.807) is 7.11 Å². The van der Waals surface area contributed by atoms with Crippen molar-refractivity contribution in [2.75, 3.05) is 47.4 Å². The van der Waals surface area contributed by atoms with Gasteiger partial charge in [-0.2, -0.15) is 0 Å². The molecule has 1 aliphatic heterocycles. The first kappa shape index (κ1) is 20.7. The van der Waals surface area contributed by atoms with Crippen LogP contribution in [0.1, 0.15) is 32.3 Å². The van der Waals surface area contributed by atoms with E-state index in [9.17, 15) is 4.79 Å². The maximum absolute atomic E-state index is 12.5. The number of carbonyl (C=O) groups is 1. The molecule has 1 aromatic carbocycles. The van der Waals surface area contributed by atoms with Gasteiger partial charge in [-0.25, -0.2) is 0 Å². The summed E-state index contributed by atoms with van der Waals surface area (Å²) in [5.41, 5.74) is 1.38. The zero-order valence-corrected chi connectivity index (χ0v) is 17.0. The molecule has 1 N–H and O–H groups in total. The largest absolute Gasteiger partial charge is 0.497 e. The van der Waals surface area contributed by atoms with E-state index in [4.69, 9.17) is 4.74 Å². The lowest BCUT2D eigenvalue weighted by molar-refractivity contribution is -0.127. The average molecular weight is 362 g/mol. The molecule has 0 radical (unpaired) electrons. The van der Waals surface area contributed by atoms with Crippen molar-refractivity contribution in [3.05, 3.63) is 29.8 Å². The van der Waals surface area contributed by atoms with Crippen LogP contribution in [-0.4, -0.2) is 63.1 Å². The van der Waals surface area contributed by atoms with Crippen LogP contribution in [0.15, 0.2) is 24.3 Å². The Kier molecular flexibility index (Phi) is 7.47. The third kappa shape index (κ3) is 6.61. The predicted molar refractivity (Wildman–Crippen MR) is 106 cm³/mol. The van der Waals surface area contributed by atoms with E-state index < -0.39 is 0 Å². The van der Waals surface area contributed by atoms with Crippen molar-refractivity contribution in [2.45, 2.75) is 33.2 Å². The van der Waals surface area contributed by atoms with E-state index in [-0.39, 0.29) is 17.2 Å². The summed E-state index contributed by atoms with van der Waals surface area (Å²) in [6, 6.07) is 8.24. The number of likely N-dealkylation sites (tertiary alicyclic amines) is 1. The minimum absolute atomic E-state index is 0.0915. The zero-order chi connectivity index (χ0) is 19.2. The van der Waals surface area contributed by atoms with Crippen LogP contribution in [0.3, 0.4) is 0 Å². The van der Waals surface area contributed by atoms with E-state index in [1.807, 2.05) is 12.1 Å². The number of hydrogen-bond donors (Lipinski definition) is 1. The number of benzene rings is 1. The second-order valence-electron chi connectivity index (χ2n) is 8.52.